The highest BCUT2D eigenvalue weighted by atomic mass is 16.6. The molecule has 1 N–H and O–H groups in total. The third kappa shape index (κ3) is 38.8. The highest BCUT2D eigenvalue weighted by Crippen LogP contribution is 2.15. The van der Waals surface area contributed by atoms with Gasteiger partial charge in [-0.05, 0) is 51.4 Å². The zero-order valence-electron chi connectivity index (χ0n) is 38.2. The van der Waals surface area contributed by atoms with Crippen LogP contribution < -0.4 is 0 Å². The zero-order chi connectivity index (χ0) is 42.8. The second-order valence-electron chi connectivity index (χ2n) is 17.0. The number of hydrogen-bond donors (Lipinski definition) is 1. The molecule has 0 aliphatic carbocycles. The third-order valence-electron chi connectivity index (χ3n) is 10.5. The van der Waals surface area contributed by atoms with Crippen molar-refractivity contribution in [2.75, 3.05) is 41.0 Å². The Morgan fingerprint density at radius 2 is 0.966 bits per heavy atom. The number of esters is 2. The van der Waals surface area contributed by atoms with E-state index in [0.717, 1.165) is 70.6 Å². The van der Waals surface area contributed by atoms with Gasteiger partial charge >= 0.3 is 17.9 Å². The van der Waals surface area contributed by atoms with E-state index in [2.05, 4.69) is 62.5 Å². The molecule has 0 radical (unpaired) electrons. The number of ether oxygens (including phenoxy) is 3. The van der Waals surface area contributed by atoms with Crippen LogP contribution in [-0.4, -0.2) is 80.6 Å². The molecule has 8 heteroatoms. The molecule has 0 rings (SSSR count). The van der Waals surface area contributed by atoms with Crippen molar-refractivity contribution in [2.45, 2.75) is 212 Å². The molecule has 0 aromatic heterocycles. The minimum atomic E-state index is -0.876. The van der Waals surface area contributed by atoms with E-state index in [0.29, 0.717) is 19.3 Å². The maximum atomic E-state index is 12.8. The number of aliphatic carboxylic acids is 1. The standard InChI is InChI=1S/C50H89NO7/c1-6-8-10-12-14-16-18-20-21-22-23-24-25-26-27-28-29-31-33-35-37-39-41-49(53)58-46(44-56-43-42-47(50(54)55)51(3,4)5)45-57-48(52)40-38-36-34-32-30-19-17-15-13-11-9-7-2/h8,10,14,16,20-21,23-24,46-47H,6-7,9,11-13,15,17-19,22,25-45H2,1-5H3/p+1/b10-8+,16-14+,21-20+,24-23+. The van der Waals surface area contributed by atoms with Crippen LogP contribution >= 0.6 is 0 Å². The summed E-state index contributed by atoms with van der Waals surface area (Å²) in [4.78, 5) is 37.0. The van der Waals surface area contributed by atoms with Gasteiger partial charge < -0.3 is 23.8 Å². The predicted molar refractivity (Wildman–Crippen MR) is 243 cm³/mol. The van der Waals surface area contributed by atoms with Crippen molar-refractivity contribution in [1.82, 2.24) is 0 Å². The van der Waals surface area contributed by atoms with Gasteiger partial charge in [0.1, 0.15) is 6.61 Å². The molecule has 0 aliphatic heterocycles. The summed E-state index contributed by atoms with van der Waals surface area (Å²) in [5.74, 6) is -1.47. The highest BCUT2D eigenvalue weighted by Gasteiger charge is 2.31. The monoisotopic (exact) mass is 817 g/mol. The maximum absolute atomic E-state index is 12.8. The van der Waals surface area contributed by atoms with Gasteiger partial charge in [-0.3, -0.25) is 9.59 Å². The summed E-state index contributed by atoms with van der Waals surface area (Å²) in [7, 11) is 5.53. The van der Waals surface area contributed by atoms with Crippen LogP contribution in [-0.2, 0) is 28.6 Å². The molecule has 0 saturated heterocycles. The normalized spacial score (nSPS) is 13.3. The largest absolute Gasteiger partial charge is 0.477 e. The van der Waals surface area contributed by atoms with Gasteiger partial charge in [-0.15, -0.1) is 0 Å². The van der Waals surface area contributed by atoms with Gasteiger partial charge in [0.2, 0.25) is 0 Å². The Labute approximate surface area is 356 Å². The van der Waals surface area contributed by atoms with Crippen LogP contribution in [0, 0.1) is 0 Å². The molecule has 0 heterocycles. The van der Waals surface area contributed by atoms with E-state index in [-0.39, 0.29) is 36.2 Å². The zero-order valence-corrected chi connectivity index (χ0v) is 38.2. The summed E-state index contributed by atoms with van der Waals surface area (Å²) >= 11 is 0. The molecule has 2 atom stereocenters. The number of carbonyl (C=O) groups excluding carboxylic acids is 2. The van der Waals surface area contributed by atoms with Gasteiger partial charge in [0, 0.05) is 19.3 Å². The van der Waals surface area contributed by atoms with E-state index in [4.69, 9.17) is 14.2 Å². The number of nitrogens with zero attached hydrogens (tertiary/aromatic N) is 1. The quantitative estimate of drug-likeness (QED) is 0.0283. The van der Waals surface area contributed by atoms with Crippen LogP contribution in [0.4, 0.5) is 0 Å². The molecule has 58 heavy (non-hydrogen) atoms. The smallest absolute Gasteiger partial charge is 0.362 e. The molecular formula is C50H90NO7+. The lowest BCUT2D eigenvalue weighted by atomic mass is 10.0. The minimum absolute atomic E-state index is 0.0516. The molecule has 0 saturated carbocycles. The Hall–Kier alpha value is -2.71. The van der Waals surface area contributed by atoms with Crippen molar-refractivity contribution in [2.24, 2.45) is 0 Å². The first-order valence-corrected chi connectivity index (χ1v) is 23.7. The summed E-state index contributed by atoms with van der Waals surface area (Å²) in [6.45, 7) is 4.62. The third-order valence-corrected chi connectivity index (χ3v) is 10.5. The first-order valence-electron chi connectivity index (χ1n) is 23.7. The Balaban J connectivity index is 4.26. The van der Waals surface area contributed by atoms with Gasteiger partial charge in [0.05, 0.1) is 34.4 Å². The van der Waals surface area contributed by atoms with E-state index < -0.39 is 18.1 Å². The summed E-state index contributed by atoms with van der Waals surface area (Å²) < 4.78 is 17.3. The fourth-order valence-electron chi connectivity index (χ4n) is 6.85. The molecule has 0 aromatic rings. The first kappa shape index (κ1) is 55.3. The number of quaternary nitrogens is 1. The number of carboxylic acid groups (broad SMARTS) is 1. The van der Waals surface area contributed by atoms with E-state index in [1.165, 1.54) is 96.3 Å². The highest BCUT2D eigenvalue weighted by molar-refractivity contribution is 5.72. The van der Waals surface area contributed by atoms with Crippen molar-refractivity contribution >= 4 is 17.9 Å². The number of carboxylic acids is 1. The summed E-state index contributed by atoms with van der Waals surface area (Å²) in [5, 5.41) is 9.63. The van der Waals surface area contributed by atoms with Gasteiger partial charge in [0.25, 0.3) is 0 Å². The molecule has 0 fully saturated rings. The van der Waals surface area contributed by atoms with Crippen molar-refractivity contribution in [3.8, 4) is 0 Å². The van der Waals surface area contributed by atoms with Gasteiger partial charge in [-0.1, -0.05) is 178 Å². The first-order chi connectivity index (χ1) is 28.1. The van der Waals surface area contributed by atoms with Gasteiger partial charge in [-0.25, -0.2) is 4.79 Å². The molecule has 336 valence electrons. The topological polar surface area (TPSA) is 99.1 Å². The fourth-order valence-corrected chi connectivity index (χ4v) is 6.85. The lowest BCUT2D eigenvalue weighted by Crippen LogP contribution is -2.50. The van der Waals surface area contributed by atoms with Crippen LogP contribution in [0.5, 0.6) is 0 Å². The van der Waals surface area contributed by atoms with E-state index in [9.17, 15) is 19.5 Å². The predicted octanol–water partition coefficient (Wildman–Crippen LogP) is 13.2. The van der Waals surface area contributed by atoms with Crippen molar-refractivity contribution in [3.63, 3.8) is 0 Å². The molecule has 0 aliphatic rings. The summed E-state index contributed by atoms with van der Waals surface area (Å²) in [5.41, 5.74) is 0. The van der Waals surface area contributed by atoms with Crippen molar-refractivity contribution in [3.05, 3.63) is 48.6 Å². The molecule has 2 unspecified atom stereocenters. The van der Waals surface area contributed by atoms with Crippen LogP contribution in [0.2, 0.25) is 0 Å². The number of rotatable bonds is 42. The lowest BCUT2D eigenvalue weighted by molar-refractivity contribution is -0.887. The second kappa shape index (κ2) is 41.0. The summed E-state index contributed by atoms with van der Waals surface area (Å²) in [6.07, 6.45) is 48.6. The van der Waals surface area contributed by atoms with Crippen LogP contribution in [0.25, 0.3) is 0 Å². The molecule has 0 aromatic carbocycles. The van der Waals surface area contributed by atoms with Crippen molar-refractivity contribution in [1.29, 1.82) is 0 Å². The van der Waals surface area contributed by atoms with Gasteiger partial charge in [-0.2, -0.15) is 0 Å². The maximum Gasteiger partial charge on any atom is 0.362 e. The lowest BCUT2D eigenvalue weighted by Gasteiger charge is -2.31. The van der Waals surface area contributed by atoms with E-state index in [1.54, 1.807) is 0 Å². The Kier molecular flexibility index (Phi) is 39.1. The van der Waals surface area contributed by atoms with E-state index >= 15 is 0 Å². The average Bonchev–Trinajstić information content (AvgIpc) is 3.18. The Bertz CT molecular complexity index is 1090. The van der Waals surface area contributed by atoms with Gasteiger partial charge in [0.15, 0.2) is 12.1 Å². The number of allylic oxidation sites excluding steroid dienone is 8. The van der Waals surface area contributed by atoms with E-state index in [1.807, 2.05) is 21.1 Å². The molecule has 0 spiro atoms. The van der Waals surface area contributed by atoms with Crippen LogP contribution in [0.15, 0.2) is 48.6 Å². The number of likely N-dealkylation sites (N-methyl/N-ethyl adjacent to an activating group) is 1. The fraction of sp³-hybridized carbons (Fsp3) is 0.780. The number of unbranched alkanes of at least 4 members (excludes halogenated alkanes) is 20. The molecule has 0 bridgehead atoms. The van der Waals surface area contributed by atoms with Crippen LogP contribution in [0.3, 0.4) is 0 Å². The minimum Gasteiger partial charge on any atom is -0.477 e. The molecule has 8 nitrogen and oxygen atoms in total. The molecule has 0 amide bonds. The number of hydrogen-bond acceptors (Lipinski definition) is 6. The SMILES string of the molecule is CC/C=C/C/C=C/C/C=C/C/C=C/CCCCCCCCCCCC(=O)OC(COCCC(C(=O)O)[N+](C)(C)C)COC(=O)CCCCCCCCCCCCCC. The van der Waals surface area contributed by atoms with Crippen LogP contribution in [0.1, 0.15) is 200 Å². The average molecular weight is 817 g/mol. The Morgan fingerprint density at radius 3 is 1.43 bits per heavy atom. The Morgan fingerprint density at radius 1 is 0.534 bits per heavy atom. The summed E-state index contributed by atoms with van der Waals surface area (Å²) in [6, 6.07) is -0.615. The van der Waals surface area contributed by atoms with Crippen molar-refractivity contribution < 1.29 is 38.2 Å². The number of carbonyl (C=O) groups is 3. The molecular weight excluding hydrogens is 727 g/mol. The second-order valence-corrected chi connectivity index (χ2v) is 17.0.